The summed E-state index contributed by atoms with van der Waals surface area (Å²) in [5, 5.41) is 3.83. The van der Waals surface area contributed by atoms with Gasteiger partial charge in [0.25, 0.3) is 0 Å². The molecule has 1 aliphatic carbocycles. The maximum Gasteiger partial charge on any atom is 0.230 e. The molecule has 1 aliphatic heterocycles. The topological polar surface area (TPSA) is 78.4 Å². The first-order chi connectivity index (χ1) is 15.5. The summed E-state index contributed by atoms with van der Waals surface area (Å²) in [6.45, 7) is 7.11. The summed E-state index contributed by atoms with van der Waals surface area (Å²) in [6.07, 6.45) is 8.93. The van der Waals surface area contributed by atoms with Gasteiger partial charge in [-0.25, -0.2) is 9.97 Å². The second-order valence-corrected chi connectivity index (χ2v) is 10.2. The summed E-state index contributed by atoms with van der Waals surface area (Å²) >= 11 is 7.56. The number of unbranched alkanes of at least 4 members (excludes halogenated alkanes) is 3. The molecule has 32 heavy (non-hydrogen) atoms. The van der Waals surface area contributed by atoms with Gasteiger partial charge in [0, 0.05) is 44.2 Å². The van der Waals surface area contributed by atoms with Crippen LogP contribution >= 0.6 is 23.4 Å². The van der Waals surface area contributed by atoms with E-state index in [1.54, 1.807) is 6.07 Å². The predicted molar refractivity (Wildman–Crippen MR) is 130 cm³/mol. The van der Waals surface area contributed by atoms with Gasteiger partial charge in [-0.15, -0.1) is 0 Å². The van der Waals surface area contributed by atoms with Crippen LogP contribution in [-0.2, 0) is 9.59 Å². The third kappa shape index (κ3) is 7.24. The highest BCUT2D eigenvalue weighted by molar-refractivity contribution is 7.99. The number of carbonyl (C=O) groups is 2. The van der Waals surface area contributed by atoms with E-state index in [0.29, 0.717) is 35.9 Å². The Morgan fingerprint density at radius 1 is 1.19 bits per heavy atom. The molecule has 1 atom stereocenters. The SMILES string of the molecule is CCCCCCNC(=O)CSc1nc(Cl)cc(N2CCN(C(=O)C3CCCC3)C(C)C2)n1. The molecule has 2 aliphatic rings. The summed E-state index contributed by atoms with van der Waals surface area (Å²) < 4.78 is 0. The maximum absolute atomic E-state index is 12.9. The van der Waals surface area contributed by atoms with Crippen molar-refractivity contribution < 1.29 is 9.59 Å². The van der Waals surface area contributed by atoms with Gasteiger partial charge >= 0.3 is 0 Å². The van der Waals surface area contributed by atoms with Crippen molar-refractivity contribution in [1.82, 2.24) is 20.2 Å². The number of halogens is 1. The highest BCUT2D eigenvalue weighted by Crippen LogP contribution is 2.29. The van der Waals surface area contributed by atoms with Crippen LogP contribution < -0.4 is 10.2 Å². The smallest absolute Gasteiger partial charge is 0.230 e. The summed E-state index contributed by atoms with van der Waals surface area (Å²) in [4.78, 5) is 38.1. The van der Waals surface area contributed by atoms with Crippen molar-refractivity contribution in [3.63, 3.8) is 0 Å². The fraction of sp³-hybridized carbons (Fsp3) is 0.739. The Labute approximate surface area is 201 Å². The van der Waals surface area contributed by atoms with Crippen LogP contribution in [0, 0.1) is 5.92 Å². The van der Waals surface area contributed by atoms with Crippen LogP contribution in [0.5, 0.6) is 0 Å². The van der Waals surface area contributed by atoms with Gasteiger partial charge in [-0.3, -0.25) is 9.59 Å². The third-order valence-corrected chi connectivity index (χ3v) is 7.33. The minimum absolute atomic E-state index is 0.00992. The van der Waals surface area contributed by atoms with Gasteiger partial charge in [-0.1, -0.05) is 62.4 Å². The molecule has 1 N–H and O–H groups in total. The van der Waals surface area contributed by atoms with Crippen LogP contribution in [0.15, 0.2) is 11.2 Å². The molecule has 0 radical (unpaired) electrons. The molecule has 1 unspecified atom stereocenters. The van der Waals surface area contributed by atoms with Gasteiger partial charge in [-0.2, -0.15) is 0 Å². The van der Waals surface area contributed by atoms with E-state index in [0.717, 1.165) is 38.0 Å². The zero-order valence-electron chi connectivity index (χ0n) is 19.3. The second kappa shape index (κ2) is 12.6. The van der Waals surface area contributed by atoms with Crippen molar-refractivity contribution in [3.05, 3.63) is 11.2 Å². The summed E-state index contributed by atoms with van der Waals surface area (Å²) in [7, 11) is 0. The van der Waals surface area contributed by atoms with Crippen molar-refractivity contribution in [2.24, 2.45) is 5.92 Å². The molecule has 1 saturated heterocycles. The number of rotatable bonds is 10. The number of piperazine rings is 1. The monoisotopic (exact) mass is 481 g/mol. The summed E-state index contributed by atoms with van der Waals surface area (Å²) in [5.74, 6) is 1.54. The number of nitrogens with one attached hydrogen (secondary N) is 1. The van der Waals surface area contributed by atoms with Crippen LogP contribution in [0.2, 0.25) is 5.15 Å². The molecule has 178 valence electrons. The lowest BCUT2D eigenvalue weighted by Crippen LogP contribution is -2.55. The van der Waals surface area contributed by atoms with E-state index in [1.807, 2.05) is 4.90 Å². The number of nitrogens with zero attached hydrogens (tertiary/aromatic N) is 4. The molecule has 0 aromatic carbocycles. The molecule has 7 nitrogen and oxygen atoms in total. The quantitative estimate of drug-likeness (QED) is 0.234. The number of amides is 2. The molecule has 1 aromatic heterocycles. The molecule has 3 rings (SSSR count). The first kappa shape index (κ1) is 25.1. The Balaban J connectivity index is 1.51. The number of thioether (sulfide) groups is 1. The Morgan fingerprint density at radius 2 is 1.97 bits per heavy atom. The molecule has 1 saturated carbocycles. The normalized spacial score (nSPS) is 19.4. The maximum atomic E-state index is 12.9. The Morgan fingerprint density at radius 3 is 2.69 bits per heavy atom. The second-order valence-electron chi connectivity index (χ2n) is 8.84. The van der Waals surface area contributed by atoms with E-state index in [1.165, 1.54) is 37.4 Å². The van der Waals surface area contributed by atoms with Crippen LogP contribution in [0.1, 0.15) is 65.2 Å². The van der Waals surface area contributed by atoms with E-state index in [-0.39, 0.29) is 23.6 Å². The summed E-state index contributed by atoms with van der Waals surface area (Å²) in [6, 6.07) is 1.89. The molecule has 2 heterocycles. The number of carbonyl (C=O) groups excluding carboxylic acids is 2. The Bertz CT molecular complexity index is 775. The van der Waals surface area contributed by atoms with E-state index >= 15 is 0 Å². The lowest BCUT2D eigenvalue weighted by Gasteiger charge is -2.41. The van der Waals surface area contributed by atoms with Crippen molar-refractivity contribution >= 4 is 41.0 Å². The van der Waals surface area contributed by atoms with Crippen molar-refractivity contribution in [3.8, 4) is 0 Å². The summed E-state index contributed by atoms with van der Waals surface area (Å²) in [5.41, 5.74) is 0. The highest BCUT2D eigenvalue weighted by atomic mass is 35.5. The van der Waals surface area contributed by atoms with Gasteiger partial charge in [0.2, 0.25) is 11.8 Å². The van der Waals surface area contributed by atoms with Crippen molar-refractivity contribution in [2.45, 2.75) is 76.4 Å². The van der Waals surface area contributed by atoms with Gasteiger partial charge in [0.05, 0.1) is 5.75 Å². The van der Waals surface area contributed by atoms with Crippen molar-refractivity contribution in [1.29, 1.82) is 0 Å². The number of anilines is 1. The average molecular weight is 482 g/mol. The van der Waals surface area contributed by atoms with Crippen LogP contribution in [0.3, 0.4) is 0 Å². The molecule has 9 heteroatoms. The molecule has 2 amide bonds. The van der Waals surface area contributed by atoms with E-state index in [4.69, 9.17) is 11.6 Å². The van der Waals surface area contributed by atoms with Gasteiger partial charge in [0.1, 0.15) is 11.0 Å². The molecule has 0 spiro atoms. The zero-order valence-corrected chi connectivity index (χ0v) is 20.9. The Hall–Kier alpha value is -1.54. The molecule has 1 aromatic rings. The van der Waals surface area contributed by atoms with Gasteiger partial charge in [-0.05, 0) is 26.2 Å². The lowest BCUT2D eigenvalue weighted by molar-refractivity contribution is -0.137. The minimum atomic E-state index is -0.00992. The highest BCUT2D eigenvalue weighted by Gasteiger charge is 2.33. The van der Waals surface area contributed by atoms with Gasteiger partial charge in [0.15, 0.2) is 5.16 Å². The standard InChI is InChI=1S/C23H36ClN5O2S/c1-3-4-5-8-11-25-21(30)16-32-23-26-19(24)14-20(27-23)28-12-13-29(17(2)15-28)22(31)18-9-6-7-10-18/h14,17-18H,3-13,15-16H2,1-2H3,(H,25,30). The molecule has 0 bridgehead atoms. The Kier molecular flexibility index (Phi) is 9.91. The van der Waals surface area contributed by atoms with E-state index in [9.17, 15) is 9.59 Å². The van der Waals surface area contributed by atoms with Gasteiger partial charge < -0.3 is 15.1 Å². The number of hydrogen-bond acceptors (Lipinski definition) is 6. The van der Waals surface area contributed by atoms with Crippen LogP contribution in [0.4, 0.5) is 5.82 Å². The predicted octanol–water partition coefficient (Wildman–Crippen LogP) is 4.15. The number of hydrogen-bond donors (Lipinski definition) is 1. The number of aromatic nitrogens is 2. The van der Waals surface area contributed by atoms with Crippen LogP contribution in [-0.4, -0.2) is 64.7 Å². The third-order valence-electron chi connectivity index (χ3n) is 6.28. The largest absolute Gasteiger partial charge is 0.355 e. The van der Waals surface area contributed by atoms with E-state index in [2.05, 4.69) is 34.0 Å². The first-order valence-corrected chi connectivity index (χ1v) is 13.3. The first-order valence-electron chi connectivity index (χ1n) is 12.0. The fourth-order valence-corrected chi connectivity index (χ4v) is 5.38. The van der Waals surface area contributed by atoms with Crippen molar-refractivity contribution in [2.75, 3.05) is 36.8 Å². The zero-order chi connectivity index (χ0) is 22.9. The minimum Gasteiger partial charge on any atom is -0.355 e. The average Bonchev–Trinajstić information content (AvgIpc) is 3.32. The fourth-order valence-electron chi connectivity index (χ4n) is 4.47. The van der Waals surface area contributed by atoms with E-state index < -0.39 is 0 Å². The molecular formula is C23H36ClN5O2S. The molecule has 2 fully saturated rings. The van der Waals surface area contributed by atoms with Crippen LogP contribution in [0.25, 0.3) is 0 Å². The lowest BCUT2D eigenvalue weighted by atomic mass is 10.0. The molecular weight excluding hydrogens is 446 g/mol.